The van der Waals surface area contributed by atoms with Gasteiger partial charge in [-0.1, -0.05) is 44.7 Å². The second kappa shape index (κ2) is 12.0. The zero-order chi connectivity index (χ0) is 26.4. The first kappa shape index (κ1) is 26.3. The van der Waals surface area contributed by atoms with Gasteiger partial charge in [0.05, 0.1) is 12.8 Å². The minimum Gasteiger partial charge on any atom is -0.461 e. The lowest BCUT2D eigenvalue weighted by Gasteiger charge is -2.14. The monoisotopic (exact) mass is 506 g/mol. The van der Waals surface area contributed by atoms with E-state index in [0.29, 0.717) is 57.3 Å². The third kappa shape index (κ3) is 6.32. The molecule has 4 rings (SSSR count). The SMILES string of the molecule is C=CC(=O)N1CCC(C(=O)Cc2cccc(CNc3nc(OCCOC)nc4c(C(C)C)cnn34)c2)C1. The molecule has 1 aromatic carbocycles. The van der Waals surface area contributed by atoms with E-state index in [-0.39, 0.29) is 29.5 Å². The average molecular weight is 507 g/mol. The molecule has 10 nitrogen and oxygen atoms in total. The summed E-state index contributed by atoms with van der Waals surface area (Å²) in [5, 5.41) is 7.83. The molecule has 1 unspecified atom stereocenters. The first-order valence-corrected chi connectivity index (χ1v) is 12.5. The number of aromatic nitrogens is 4. The number of amides is 1. The largest absolute Gasteiger partial charge is 0.461 e. The van der Waals surface area contributed by atoms with Gasteiger partial charge in [0.2, 0.25) is 11.9 Å². The second-order valence-corrected chi connectivity index (χ2v) is 9.45. The normalized spacial score (nSPS) is 15.4. The summed E-state index contributed by atoms with van der Waals surface area (Å²) in [5.74, 6) is 0.656. The number of carbonyl (C=O) groups excluding carboxylic acids is 2. The molecule has 196 valence electrons. The van der Waals surface area contributed by atoms with Crippen LogP contribution in [0.1, 0.15) is 42.9 Å². The van der Waals surface area contributed by atoms with E-state index < -0.39 is 0 Å². The summed E-state index contributed by atoms with van der Waals surface area (Å²) in [5.41, 5.74) is 3.64. The third-order valence-electron chi connectivity index (χ3n) is 6.47. The molecule has 3 aromatic rings. The number of hydrogen-bond donors (Lipinski definition) is 1. The lowest BCUT2D eigenvalue weighted by molar-refractivity contribution is -0.125. The minimum atomic E-state index is -0.133. The topological polar surface area (TPSA) is 111 Å². The van der Waals surface area contributed by atoms with E-state index in [9.17, 15) is 9.59 Å². The molecule has 0 spiro atoms. The Morgan fingerprint density at radius 3 is 2.81 bits per heavy atom. The second-order valence-electron chi connectivity index (χ2n) is 9.45. The first-order valence-electron chi connectivity index (χ1n) is 12.5. The van der Waals surface area contributed by atoms with Gasteiger partial charge in [0.15, 0.2) is 5.65 Å². The van der Waals surface area contributed by atoms with Crippen molar-refractivity contribution in [3.05, 3.63) is 59.8 Å². The minimum absolute atomic E-state index is 0.118. The number of methoxy groups -OCH3 is 1. The number of carbonyl (C=O) groups is 2. The number of benzene rings is 1. The molecule has 1 N–H and O–H groups in total. The lowest BCUT2D eigenvalue weighted by atomic mass is 9.96. The summed E-state index contributed by atoms with van der Waals surface area (Å²) >= 11 is 0. The smallest absolute Gasteiger partial charge is 0.321 e. The van der Waals surface area contributed by atoms with E-state index in [2.05, 4.69) is 40.8 Å². The van der Waals surface area contributed by atoms with Crippen molar-refractivity contribution in [1.29, 1.82) is 0 Å². The summed E-state index contributed by atoms with van der Waals surface area (Å²) in [6.07, 6.45) is 4.13. The number of nitrogens with zero attached hydrogens (tertiary/aromatic N) is 5. The fraction of sp³-hybridized carbons (Fsp3) is 0.444. The van der Waals surface area contributed by atoms with Crippen LogP contribution in [-0.2, 0) is 27.3 Å². The standard InChI is InChI=1S/C27H34N6O4/c1-5-24(35)32-10-9-21(17-32)23(34)14-19-7-6-8-20(13-19)15-28-26-31-27(37-12-11-36-4)30-25-22(18(2)3)16-29-33(25)26/h5-8,13,16,18,21H,1,9-12,14-15,17H2,2-4H3,(H,28,30,31). The molecule has 10 heteroatoms. The number of ketones is 1. The Morgan fingerprint density at radius 1 is 1.24 bits per heavy atom. The molecule has 0 aliphatic carbocycles. The van der Waals surface area contributed by atoms with Crippen LogP contribution in [0.3, 0.4) is 0 Å². The predicted octanol–water partition coefficient (Wildman–Crippen LogP) is 3.03. The lowest BCUT2D eigenvalue weighted by Crippen LogP contribution is -2.28. The number of ether oxygens (including phenoxy) is 2. The van der Waals surface area contributed by atoms with Crippen molar-refractivity contribution in [3.8, 4) is 6.01 Å². The van der Waals surface area contributed by atoms with Crippen LogP contribution in [0, 0.1) is 5.92 Å². The van der Waals surface area contributed by atoms with E-state index in [1.54, 1.807) is 22.7 Å². The van der Waals surface area contributed by atoms with Crippen LogP contribution in [0.15, 0.2) is 43.1 Å². The summed E-state index contributed by atoms with van der Waals surface area (Å²) in [4.78, 5) is 35.5. The van der Waals surface area contributed by atoms with E-state index in [0.717, 1.165) is 16.7 Å². The number of rotatable bonds is 12. The van der Waals surface area contributed by atoms with Gasteiger partial charge in [-0.05, 0) is 29.5 Å². The molecule has 1 atom stereocenters. The fourth-order valence-corrected chi connectivity index (χ4v) is 4.41. The van der Waals surface area contributed by atoms with Crippen LogP contribution in [0.25, 0.3) is 5.65 Å². The molecular weight excluding hydrogens is 472 g/mol. The van der Waals surface area contributed by atoms with Gasteiger partial charge in [-0.25, -0.2) is 0 Å². The third-order valence-corrected chi connectivity index (χ3v) is 6.47. The Balaban J connectivity index is 1.45. The maximum absolute atomic E-state index is 12.9. The van der Waals surface area contributed by atoms with Gasteiger partial charge in [-0.2, -0.15) is 19.6 Å². The molecular formula is C27H34N6O4. The van der Waals surface area contributed by atoms with Crippen molar-refractivity contribution >= 4 is 23.3 Å². The maximum Gasteiger partial charge on any atom is 0.321 e. The van der Waals surface area contributed by atoms with Gasteiger partial charge in [0, 0.05) is 44.6 Å². The fourth-order valence-electron chi connectivity index (χ4n) is 4.41. The number of likely N-dealkylation sites (tertiary alicyclic amines) is 1. The first-order chi connectivity index (χ1) is 17.9. The number of nitrogens with one attached hydrogen (secondary N) is 1. The zero-order valence-corrected chi connectivity index (χ0v) is 21.6. The van der Waals surface area contributed by atoms with Crippen molar-refractivity contribution in [2.45, 2.75) is 39.2 Å². The predicted molar refractivity (Wildman–Crippen MR) is 140 cm³/mol. The van der Waals surface area contributed by atoms with Crippen LogP contribution >= 0.6 is 0 Å². The van der Waals surface area contributed by atoms with Gasteiger partial charge < -0.3 is 19.7 Å². The van der Waals surface area contributed by atoms with Gasteiger partial charge in [0.1, 0.15) is 12.4 Å². The Morgan fingerprint density at radius 2 is 2.05 bits per heavy atom. The van der Waals surface area contributed by atoms with E-state index in [4.69, 9.17) is 9.47 Å². The molecule has 1 saturated heterocycles. The van der Waals surface area contributed by atoms with Crippen LogP contribution in [0.5, 0.6) is 6.01 Å². The molecule has 3 heterocycles. The molecule has 37 heavy (non-hydrogen) atoms. The Bertz CT molecular complexity index is 1270. The Kier molecular flexibility index (Phi) is 8.50. The summed E-state index contributed by atoms with van der Waals surface area (Å²) < 4.78 is 12.4. The molecule has 1 fully saturated rings. The van der Waals surface area contributed by atoms with Crippen molar-refractivity contribution in [2.75, 3.05) is 38.7 Å². The van der Waals surface area contributed by atoms with Gasteiger partial charge in [-0.15, -0.1) is 0 Å². The van der Waals surface area contributed by atoms with Gasteiger partial charge >= 0.3 is 6.01 Å². The molecule has 1 aliphatic heterocycles. The number of Topliss-reactive ketones (excluding diaryl/α,β-unsaturated/α-hetero) is 1. The van der Waals surface area contributed by atoms with Crippen LogP contribution < -0.4 is 10.1 Å². The summed E-state index contributed by atoms with van der Waals surface area (Å²) in [6, 6.07) is 8.17. The highest BCUT2D eigenvalue weighted by molar-refractivity contribution is 5.89. The van der Waals surface area contributed by atoms with Gasteiger partial charge in [-0.3, -0.25) is 9.59 Å². The van der Waals surface area contributed by atoms with Gasteiger partial charge in [0.25, 0.3) is 0 Å². The van der Waals surface area contributed by atoms with E-state index >= 15 is 0 Å². The molecule has 0 radical (unpaired) electrons. The molecule has 2 aromatic heterocycles. The van der Waals surface area contributed by atoms with Crippen molar-refractivity contribution in [1.82, 2.24) is 24.5 Å². The van der Waals surface area contributed by atoms with Crippen LogP contribution in [0.4, 0.5) is 5.95 Å². The maximum atomic E-state index is 12.9. The van der Waals surface area contributed by atoms with E-state index in [1.165, 1.54) is 6.08 Å². The average Bonchev–Trinajstić information content (AvgIpc) is 3.55. The molecule has 1 amide bonds. The van der Waals surface area contributed by atoms with Crippen LogP contribution in [-0.4, -0.2) is 69.6 Å². The Labute approximate surface area is 216 Å². The van der Waals surface area contributed by atoms with Crippen molar-refractivity contribution < 1.29 is 19.1 Å². The Hall–Kier alpha value is -3.79. The highest BCUT2D eigenvalue weighted by Gasteiger charge is 2.29. The highest BCUT2D eigenvalue weighted by atomic mass is 16.5. The summed E-state index contributed by atoms with van der Waals surface area (Å²) in [6.45, 7) is 10.0. The number of fused-ring (bicyclic) bond motifs is 1. The quantitative estimate of drug-likeness (QED) is 0.295. The highest BCUT2D eigenvalue weighted by Crippen LogP contribution is 2.23. The van der Waals surface area contributed by atoms with E-state index in [1.807, 2.05) is 24.3 Å². The van der Waals surface area contributed by atoms with Crippen molar-refractivity contribution in [3.63, 3.8) is 0 Å². The van der Waals surface area contributed by atoms with Crippen molar-refractivity contribution in [2.24, 2.45) is 5.92 Å². The summed E-state index contributed by atoms with van der Waals surface area (Å²) in [7, 11) is 1.61. The zero-order valence-electron chi connectivity index (χ0n) is 21.6. The molecule has 0 saturated carbocycles. The molecule has 1 aliphatic rings. The van der Waals surface area contributed by atoms with Crippen LogP contribution in [0.2, 0.25) is 0 Å². The number of hydrogen-bond acceptors (Lipinski definition) is 8. The number of anilines is 1. The molecule has 0 bridgehead atoms.